The lowest BCUT2D eigenvalue weighted by molar-refractivity contribution is -0.188. The van der Waals surface area contributed by atoms with Gasteiger partial charge in [0.05, 0.1) is 13.1 Å². The average molecular weight is 468 g/mol. The second-order valence-corrected chi connectivity index (χ2v) is 8.74. The molecule has 4 rings (SSSR count). The second kappa shape index (κ2) is 10.2. The molecule has 0 radical (unpaired) electrons. The van der Waals surface area contributed by atoms with Crippen molar-refractivity contribution < 1.29 is 18.8 Å². The lowest BCUT2D eigenvalue weighted by Gasteiger charge is -2.54. The minimum atomic E-state index is -0.613. The highest BCUT2D eigenvalue weighted by Gasteiger charge is 2.50. The Morgan fingerprint density at radius 1 is 1.06 bits per heavy atom. The van der Waals surface area contributed by atoms with Crippen LogP contribution < -0.4 is 5.32 Å². The molecule has 2 aromatic rings. The molecule has 2 aliphatic rings. The zero-order chi connectivity index (χ0) is 24.2. The predicted molar refractivity (Wildman–Crippen MR) is 124 cm³/mol. The highest BCUT2D eigenvalue weighted by atomic mass is 19.1. The van der Waals surface area contributed by atoms with Gasteiger partial charge in [-0.15, -0.1) is 0 Å². The first-order chi connectivity index (χ1) is 16.4. The molecule has 1 N–H and O–H groups in total. The van der Waals surface area contributed by atoms with Gasteiger partial charge in [-0.25, -0.2) is 19.2 Å². The number of nitrogens with one attached hydrogen (secondary N) is 1. The molecule has 0 aliphatic carbocycles. The van der Waals surface area contributed by atoms with E-state index in [1.54, 1.807) is 34.0 Å². The van der Waals surface area contributed by atoms with Crippen molar-refractivity contribution in [3.8, 4) is 0 Å². The molecule has 0 spiro atoms. The largest absolute Gasteiger partial charge is 0.334 e. The van der Waals surface area contributed by atoms with Crippen molar-refractivity contribution in [2.75, 3.05) is 20.1 Å². The summed E-state index contributed by atoms with van der Waals surface area (Å²) < 4.78 is 13.2. The van der Waals surface area contributed by atoms with Crippen LogP contribution in [0.25, 0.3) is 0 Å². The van der Waals surface area contributed by atoms with Crippen molar-refractivity contribution in [3.05, 3.63) is 71.5 Å². The van der Waals surface area contributed by atoms with Gasteiger partial charge >= 0.3 is 6.03 Å². The molecule has 9 heteroatoms. The van der Waals surface area contributed by atoms with Crippen LogP contribution in [0.5, 0.6) is 0 Å². The van der Waals surface area contributed by atoms with Crippen molar-refractivity contribution in [2.24, 2.45) is 0 Å². The topological polar surface area (TPSA) is 76.2 Å². The Bertz CT molecular complexity index is 1030. The van der Waals surface area contributed by atoms with Crippen molar-refractivity contribution in [1.82, 2.24) is 25.1 Å². The van der Waals surface area contributed by atoms with E-state index in [-0.39, 0.29) is 43.3 Å². The summed E-state index contributed by atoms with van der Waals surface area (Å²) in [4.78, 5) is 43.0. The van der Waals surface area contributed by atoms with Crippen LogP contribution >= 0.6 is 0 Å². The smallest absolute Gasteiger partial charge is 0.333 e. The fraction of sp³-hybridized carbons (Fsp3) is 0.400. The maximum Gasteiger partial charge on any atom is 0.334 e. The van der Waals surface area contributed by atoms with E-state index in [2.05, 4.69) is 5.32 Å². The molecule has 2 heterocycles. The minimum Gasteiger partial charge on any atom is -0.333 e. The summed E-state index contributed by atoms with van der Waals surface area (Å²) in [6, 6.07) is 14.6. The van der Waals surface area contributed by atoms with E-state index in [9.17, 15) is 18.8 Å². The highest BCUT2D eigenvalue weighted by molar-refractivity contribution is 5.91. The molecule has 4 amide bonds. The van der Waals surface area contributed by atoms with Crippen LogP contribution in [0.1, 0.15) is 30.9 Å². The lowest BCUT2D eigenvalue weighted by Crippen LogP contribution is -2.75. The minimum absolute atomic E-state index is 0.00660. The summed E-state index contributed by atoms with van der Waals surface area (Å²) in [6.07, 6.45) is 0.650. The predicted octanol–water partition coefficient (Wildman–Crippen LogP) is 2.56. The monoisotopic (exact) mass is 467 g/mol. The molecule has 34 heavy (non-hydrogen) atoms. The van der Waals surface area contributed by atoms with Gasteiger partial charge in [0.15, 0.2) is 0 Å². The van der Waals surface area contributed by atoms with E-state index < -0.39 is 12.2 Å². The Balaban J connectivity index is 1.58. The summed E-state index contributed by atoms with van der Waals surface area (Å²) in [6.45, 7) is 2.83. The number of likely N-dealkylation sites (N-methyl/N-ethyl adjacent to an activating group) is 1. The van der Waals surface area contributed by atoms with Crippen LogP contribution in [0.15, 0.2) is 54.6 Å². The Morgan fingerprint density at radius 3 is 2.44 bits per heavy atom. The third-order valence-electron chi connectivity index (χ3n) is 6.28. The van der Waals surface area contributed by atoms with E-state index in [0.717, 1.165) is 17.5 Å². The number of nitrogens with zero attached hydrogens (tertiary/aromatic N) is 4. The number of amides is 4. The van der Waals surface area contributed by atoms with Crippen LogP contribution in [0.4, 0.5) is 9.18 Å². The van der Waals surface area contributed by atoms with E-state index >= 15 is 0 Å². The Kier molecular flexibility index (Phi) is 7.12. The molecule has 2 saturated heterocycles. The number of piperazine rings is 1. The Morgan fingerprint density at radius 2 is 1.76 bits per heavy atom. The Hall–Kier alpha value is -3.46. The van der Waals surface area contributed by atoms with Gasteiger partial charge in [-0.1, -0.05) is 55.8 Å². The van der Waals surface area contributed by atoms with Crippen LogP contribution in [-0.2, 0) is 22.7 Å². The number of fused-ring (bicyclic) bond motifs is 1. The van der Waals surface area contributed by atoms with Crippen molar-refractivity contribution >= 4 is 17.8 Å². The zero-order valence-corrected chi connectivity index (χ0v) is 19.5. The van der Waals surface area contributed by atoms with Crippen LogP contribution in [0.3, 0.4) is 0 Å². The molecule has 180 valence electrons. The fourth-order valence-electron chi connectivity index (χ4n) is 4.66. The van der Waals surface area contributed by atoms with Gasteiger partial charge in [0.1, 0.15) is 18.0 Å². The van der Waals surface area contributed by atoms with Gasteiger partial charge in [0, 0.05) is 20.1 Å². The van der Waals surface area contributed by atoms with E-state index in [0.29, 0.717) is 13.0 Å². The second-order valence-electron chi connectivity index (χ2n) is 8.74. The van der Waals surface area contributed by atoms with Crippen molar-refractivity contribution in [1.29, 1.82) is 0 Å². The summed E-state index contributed by atoms with van der Waals surface area (Å²) >= 11 is 0. The highest BCUT2D eigenvalue weighted by Crippen LogP contribution is 2.28. The molecule has 2 aromatic carbocycles. The fourth-order valence-corrected chi connectivity index (χ4v) is 4.66. The molecule has 0 saturated carbocycles. The molecule has 2 fully saturated rings. The first-order valence-electron chi connectivity index (χ1n) is 11.6. The number of hydrogen-bond acceptors (Lipinski definition) is 4. The van der Waals surface area contributed by atoms with Crippen molar-refractivity contribution in [3.63, 3.8) is 0 Å². The van der Waals surface area contributed by atoms with Gasteiger partial charge in [-0.05, 0) is 29.7 Å². The Labute approximate surface area is 198 Å². The third kappa shape index (κ3) is 4.89. The molecule has 0 bridgehead atoms. The number of carbonyl (C=O) groups excluding carboxylic acids is 3. The van der Waals surface area contributed by atoms with Gasteiger partial charge < -0.3 is 15.1 Å². The summed E-state index contributed by atoms with van der Waals surface area (Å²) in [7, 11) is 1.69. The molecule has 2 atom stereocenters. The number of benzene rings is 2. The van der Waals surface area contributed by atoms with Gasteiger partial charge in [-0.2, -0.15) is 0 Å². The van der Waals surface area contributed by atoms with Crippen LogP contribution in [-0.4, -0.2) is 70.0 Å². The third-order valence-corrected chi connectivity index (χ3v) is 6.28. The maximum atomic E-state index is 13.4. The molecule has 0 aromatic heterocycles. The van der Waals surface area contributed by atoms with Crippen LogP contribution in [0, 0.1) is 5.82 Å². The molecular formula is C25H30FN5O3. The lowest BCUT2D eigenvalue weighted by atomic mass is 10.0. The van der Waals surface area contributed by atoms with Crippen LogP contribution in [0.2, 0.25) is 0 Å². The standard InChI is InChI=1S/C25H30FN5O3/c1-3-7-21-24(33)29(15-19-8-5-4-6-9-19)16-22-30(21)23(32)17-28(2)31(22)25(34)27-14-18-10-12-20(26)13-11-18/h4-6,8-13,21-22H,3,7,14-17H2,1-2H3,(H,27,34)/t21-,22?/m0/s1. The number of carbonyl (C=O) groups is 3. The van der Waals surface area contributed by atoms with E-state index in [4.69, 9.17) is 0 Å². The number of rotatable bonds is 6. The summed E-state index contributed by atoms with van der Waals surface area (Å²) in [5, 5.41) is 6.00. The quantitative estimate of drug-likeness (QED) is 0.709. The molecule has 8 nitrogen and oxygen atoms in total. The number of hydrogen-bond donors (Lipinski definition) is 1. The molecular weight excluding hydrogens is 437 g/mol. The summed E-state index contributed by atoms with van der Waals surface area (Å²) in [5.41, 5.74) is 1.75. The average Bonchev–Trinajstić information content (AvgIpc) is 2.82. The zero-order valence-electron chi connectivity index (χ0n) is 19.5. The van der Waals surface area contributed by atoms with E-state index in [1.807, 2.05) is 37.3 Å². The number of hydrazine groups is 1. The first kappa shape index (κ1) is 23.7. The van der Waals surface area contributed by atoms with E-state index in [1.165, 1.54) is 17.1 Å². The maximum absolute atomic E-state index is 13.4. The normalized spacial score (nSPS) is 21.0. The molecule has 2 aliphatic heterocycles. The van der Waals surface area contributed by atoms with Crippen molar-refractivity contribution in [2.45, 2.75) is 45.1 Å². The van der Waals surface area contributed by atoms with Gasteiger partial charge in [-0.3, -0.25) is 9.59 Å². The summed E-state index contributed by atoms with van der Waals surface area (Å²) in [5.74, 6) is -0.597. The SMILES string of the molecule is CCC[C@H]1C(=O)N(Cc2ccccc2)CC2N1C(=O)CN(C)N2C(=O)NCc1ccc(F)cc1. The number of halogens is 1. The first-order valence-corrected chi connectivity index (χ1v) is 11.6. The van der Waals surface area contributed by atoms with Gasteiger partial charge in [0.2, 0.25) is 11.8 Å². The van der Waals surface area contributed by atoms with Gasteiger partial charge in [0.25, 0.3) is 0 Å². The number of urea groups is 1. The molecule has 1 unspecified atom stereocenters.